The number of methoxy groups -OCH3 is 1. The number of ether oxygens (including phenoxy) is 1. The second kappa shape index (κ2) is 4.00. The fourth-order valence-corrected chi connectivity index (χ4v) is 1.29. The Morgan fingerprint density at radius 1 is 1.40 bits per heavy atom. The Morgan fingerprint density at radius 3 is 2.93 bits per heavy atom. The van der Waals surface area contributed by atoms with E-state index in [9.17, 15) is 0 Å². The number of hydrogen-bond acceptors (Lipinski definition) is 4. The van der Waals surface area contributed by atoms with Crippen LogP contribution in [-0.2, 0) is 6.54 Å². The van der Waals surface area contributed by atoms with Gasteiger partial charge in [0.2, 0.25) is 5.88 Å². The zero-order valence-electron chi connectivity index (χ0n) is 8.42. The van der Waals surface area contributed by atoms with E-state index in [1.165, 1.54) is 0 Å². The minimum Gasteiger partial charge on any atom is -0.481 e. The molecule has 0 unspecified atom stereocenters. The predicted octanol–water partition coefficient (Wildman–Crippen LogP) is 0.917. The van der Waals surface area contributed by atoms with Gasteiger partial charge in [0.15, 0.2) is 0 Å². The first-order chi connectivity index (χ1) is 7.29. The number of rotatable bonds is 3. The summed E-state index contributed by atoms with van der Waals surface area (Å²) in [5.41, 5.74) is 6.57. The van der Waals surface area contributed by atoms with Gasteiger partial charge in [0.1, 0.15) is 5.82 Å². The van der Waals surface area contributed by atoms with Crippen LogP contribution in [-0.4, -0.2) is 21.9 Å². The Morgan fingerprint density at radius 2 is 2.27 bits per heavy atom. The van der Waals surface area contributed by atoms with Crippen LogP contribution in [0.3, 0.4) is 0 Å². The topological polar surface area (TPSA) is 66.0 Å². The molecular formula is C10H12N4O. The fourth-order valence-electron chi connectivity index (χ4n) is 1.29. The molecule has 0 spiro atoms. The van der Waals surface area contributed by atoms with E-state index in [0.717, 1.165) is 5.69 Å². The molecule has 0 aromatic carbocycles. The highest BCUT2D eigenvalue weighted by Gasteiger charge is 2.01. The van der Waals surface area contributed by atoms with Crippen LogP contribution in [0.25, 0.3) is 0 Å². The number of anilines is 1. The van der Waals surface area contributed by atoms with Crippen LogP contribution in [0.2, 0.25) is 0 Å². The van der Waals surface area contributed by atoms with Gasteiger partial charge in [-0.2, -0.15) is 5.10 Å². The first-order valence-corrected chi connectivity index (χ1v) is 4.57. The third-order valence-corrected chi connectivity index (χ3v) is 2.05. The maximum atomic E-state index is 5.70. The molecule has 0 radical (unpaired) electrons. The maximum absolute atomic E-state index is 5.70. The number of nitrogen functional groups attached to an aromatic ring is 1. The number of nitrogens with zero attached hydrogens (tertiary/aromatic N) is 3. The van der Waals surface area contributed by atoms with E-state index < -0.39 is 0 Å². The SMILES string of the molecule is COc1cccc(Cn2nccc2N)n1. The van der Waals surface area contributed by atoms with E-state index in [0.29, 0.717) is 18.2 Å². The largest absolute Gasteiger partial charge is 0.481 e. The monoisotopic (exact) mass is 204 g/mol. The van der Waals surface area contributed by atoms with Crippen molar-refractivity contribution in [3.63, 3.8) is 0 Å². The van der Waals surface area contributed by atoms with E-state index in [-0.39, 0.29) is 0 Å². The van der Waals surface area contributed by atoms with E-state index in [1.54, 1.807) is 30.1 Å². The average Bonchev–Trinajstić information content (AvgIpc) is 2.65. The van der Waals surface area contributed by atoms with Gasteiger partial charge in [-0.3, -0.25) is 0 Å². The zero-order chi connectivity index (χ0) is 10.7. The van der Waals surface area contributed by atoms with Crippen LogP contribution in [0.15, 0.2) is 30.5 Å². The van der Waals surface area contributed by atoms with Gasteiger partial charge in [0, 0.05) is 6.07 Å². The Hall–Kier alpha value is -2.04. The highest BCUT2D eigenvalue weighted by atomic mass is 16.5. The van der Waals surface area contributed by atoms with Crippen molar-refractivity contribution in [1.82, 2.24) is 14.8 Å². The molecular weight excluding hydrogens is 192 g/mol. The van der Waals surface area contributed by atoms with Crippen molar-refractivity contribution < 1.29 is 4.74 Å². The summed E-state index contributed by atoms with van der Waals surface area (Å²) in [4.78, 5) is 4.27. The molecule has 5 nitrogen and oxygen atoms in total. The molecule has 0 bridgehead atoms. The Balaban J connectivity index is 2.21. The molecule has 0 amide bonds. The summed E-state index contributed by atoms with van der Waals surface area (Å²) in [5, 5.41) is 4.08. The minimum absolute atomic E-state index is 0.552. The van der Waals surface area contributed by atoms with E-state index >= 15 is 0 Å². The van der Waals surface area contributed by atoms with Crippen LogP contribution >= 0.6 is 0 Å². The molecule has 0 aliphatic rings. The first-order valence-electron chi connectivity index (χ1n) is 4.57. The minimum atomic E-state index is 0.552. The molecule has 5 heteroatoms. The van der Waals surface area contributed by atoms with Crippen molar-refractivity contribution in [2.24, 2.45) is 0 Å². The molecule has 0 fully saturated rings. The lowest BCUT2D eigenvalue weighted by atomic mass is 10.3. The van der Waals surface area contributed by atoms with E-state index in [2.05, 4.69) is 10.1 Å². The number of pyridine rings is 1. The summed E-state index contributed by atoms with van der Waals surface area (Å²) in [6.07, 6.45) is 1.66. The standard InChI is InChI=1S/C10H12N4O/c1-15-10-4-2-3-8(13-10)7-14-9(11)5-6-12-14/h2-6H,7,11H2,1H3. The summed E-state index contributed by atoms with van der Waals surface area (Å²) < 4.78 is 6.71. The van der Waals surface area contributed by atoms with Crippen molar-refractivity contribution in [3.8, 4) is 5.88 Å². The predicted molar refractivity (Wildman–Crippen MR) is 56.5 cm³/mol. The summed E-state index contributed by atoms with van der Waals surface area (Å²) in [7, 11) is 1.59. The van der Waals surface area contributed by atoms with Crippen LogP contribution < -0.4 is 10.5 Å². The summed E-state index contributed by atoms with van der Waals surface area (Å²) in [5.74, 6) is 1.22. The lowest BCUT2D eigenvalue weighted by molar-refractivity contribution is 0.395. The normalized spacial score (nSPS) is 10.2. The van der Waals surface area contributed by atoms with Crippen LogP contribution in [0.5, 0.6) is 5.88 Å². The third kappa shape index (κ3) is 2.07. The second-order valence-corrected chi connectivity index (χ2v) is 3.09. The maximum Gasteiger partial charge on any atom is 0.213 e. The molecule has 15 heavy (non-hydrogen) atoms. The molecule has 0 saturated carbocycles. The van der Waals surface area contributed by atoms with Crippen molar-refractivity contribution in [2.75, 3.05) is 12.8 Å². The van der Waals surface area contributed by atoms with Crippen molar-refractivity contribution in [1.29, 1.82) is 0 Å². The van der Waals surface area contributed by atoms with Gasteiger partial charge >= 0.3 is 0 Å². The van der Waals surface area contributed by atoms with Gasteiger partial charge in [-0.05, 0) is 12.1 Å². The zero-order valence-corrected chi connectivity index (χ0v) is 8.42. The number of hydrogen-bond donors (Lipinski definition) is 1. The van der Waals surface area contributed by atoms with E-state index in [1.807, 2.05) is 12.1 Å². The number of aromatic nitrogens is 3. The Bertz CT molecular complexity index is 452. The van der Waals surface area contributed by atoms with Crippen LogP contribution in [0, 0.1) is 0 Å². The molecule has 2 N–H and O–H groups in total. The van der Waals surface area contributed by atoms with Gasteiger partial charge in [-0.1, -0.05) is 6.07 Å². The van der Waals surface area contributed by atoms with Gasteiger partial charge in [0.05, 0.1) is 25.5 Å². The average molecular weight is 204 g/mol. The highest BCUT2D eigenvalue weighted by molar-refractivity contribution is 5.27. The Kier molecular flexibility index (Phi) is 2.53. The molecule has 2 rings (SSSR count). The molecule has 78 valence electrons. The van der Waals surface area contributed by atoms with Crippen molar-refractivity contribution >= 4 is 5.82 Å². The van der Waals surface area contributed by atoms with Gasteiger partial charge < -0.3 is 10.5 Å². The highest BCUT2D eigenvalue weighted by Crippen LogP contribution is 2.09. The lowest BCUT2D eigenvalue weighted by Crippen LogP contribution is -2.07. The molecule has 0 aliphatic carbocycles. The smallest absolute Gasteiger partial charge is 0.213 e. The van der Waals surface area contributed by atoms with Crippen molar-refractivity contribution in [3.05, 3.63) is 36.2 Å². The number of nitrogens with two attached hydrogens (primary N) is 1. The quantitative estimate of drug-likeness (QED) is 0.807. The molecule has 2 aromatic rings. The Labute approximate surface area is 87.5 Å². The van der Waals surface area contributed by atoms with Gasteiger partial charge in [0.25, 0.3) is 0 Å². The third-order valence-electron chi connectivity index (χ3n) is 2.05. The molecule has 0 saturated heterocycles. The van der Waals surface area contributed by atoms with Crippen LogP contribution in [0.4, 0.5) is 5.82 Å². The molecule has 0 atom stereocenters. The van der Waals surface area contributed by atoms with Crippen LogP contribution in [0.1, 0.15) is 5.69 Å². The summed E-state index contributed by atoms with van der Waals surface area (Å²) in [6, 6.07) is 7.35. The summed E-state index contributed by atoms with van der Waals surface area (Å²) in [6.45, 7) is 0.552. The van der Waals surface area contributed by atoms with Gasteiger partial charge in [-0.15, -0.1) is 0 Å². The first kappa shape index (κ1) is 9.51. The fraction of sp³-hybridized carbons (Fsp3) is 0.200. The van der Waals surface area contributed by atoms with E-state index in [4.69, 9.17) is 10.5 Å². The molecule has 0 aliphatic heterocycles. The lowest BCUT2D eigenvalue weighted by Gasteiger charge is -2.05. The second-order valence-electron chi connectivity index (χ2n) is 3.09. The van der Waals surface area contributed by atoms with Crippen molar-refractivity contribution in [2.45, 2.75) is 6.54 Å². The molecule has 2 aromatic heterocycles. The summed E-state index contributed by atoms with van der Waals surface area (Å²) >= 11 is 0. The van der Waals surface area contributed by atoms with Gasteiger partial charge in [-0.25, -0.2) is 9.67 Å². The molecule has 2 heterocycles.